The zero-order chi connectivity index (χ0) is 13.6. The van der Waals surface area contributed by atoms with Gasteiger partial charge >= 0.3 is 18.2 Å². The number of carboxylic acids is 1. The Balaban J connectivity index is 3.94. The van der Waals surface area contributed by atoms with Crippen molar-refractivity contribution in [2.45, 2.75) is 18.7 Å². The van der Waals surface area contributed by atoms with Gasteiger partial charge in [0.2, 0.25) is 0 Å². The highest BCUT2D eigenvalue weighted by molar-refractivity contribution is 5.76. The molecule has 9 heteroatoms. The van der Waals surface area contributed by atoms with Crippen LogP contribution in [0.5, 0.6) is 0 Å². The fraction of sp³-hybridized carbons (Fsp3) is 0.750. The van der Waals surface area contributed by atoms with E-state index in [-0.39, 0.29) is 0 Å². The predicted octanol–water partition coefficient (Wildman–Crippen LogP) is 0.0257. The minimum Gasteiger partial charge on any atom is -0.479 e. The van der Waals surface area contributed by atoms with E-state index >= 15 is 0 Å². The number of amides is 2. The fourth-order valence-electron chi connectivity index (χ4n) is 0.802. The summed E-state index contributed by atoms with van der Waals surface area (Å²) in [5.41, 5.74) is 0. The quantitative estimate of drug-likeness (QED) is 0.648. The van der Waals surface area contributed by atoms with E-state index in [9.17, 15) is 22.8 Å². The summed E-state index contributed by atoms with van der Waals surface area (Å²) in [4.78, 5) is 22.1. The summed E-state index contributed by atoms with van der Waals surface area (Å²) in [7, 11) is 1.13. The Kier molecular flexibility index (Phi) is 5.72. The normalized spacial score (nSPS) is 13.0. The zero-order valence-electron chi connectivity index (χ0n) is 8.99. The SMILES string of the molecule is CN(CCC(F)(F)F)C(=O)NC[C@H](O)C(=O)O. The molecule has 0 aromatic carbocycles. The average Bonchev–Trinajstić information content (AvgIpc) is 2.20. The third-order valence-corrected chi connectivity index (χ3v) is 1.81. The van der Waals surface area contributed by atoms with E-state index in [1.165, 1.54) is 0 Å². The number of carbonyl (C=O) groups excluding carboxylic acids is 1. The molecule has 0 saturated carbocycles. The lowest BCUT2D eigenvalue weighted by molar-refractivity contribution is -0.146. The van der Waals surface area contributed by atoms with Crippen LogP contribution in [0.4, 0.5) is 18.0 Å². The van der Waals surface area contributed by atoms with Crippen molar-refractivity contribution >= 4 is 12.0 Å². The molecular weight excluding hydrogens is 245 g/mol. The van der Waals surface area contributed by atoms with Gasteiger partial charge in [-0.15, -0.1) is 0 Å². The smallest absolute Gasteiger partial charge is 0.390 e. The van der Waals surface area contributed by atoms with Crippen LogP contribution in [0, 0.1) is 0 Å². The molecule has 17 heavy (non-hydrogen) atoms. The molecule has 3 N–H and O–H groups in total. The number of nitrogens with one attached hydrogen (secondary N) is 1. The van der Waals surface area contributed by atoms with Crippen LogP contribution in [0.3, 0.4) is 0 Å². The highest BCUT2D eigenvalue weighted by atomic mass is 19.4. The molecule has 1 atom stereocenters. The molecule has 0 saturated heterocycles. The summed E-state index contributed by atoms with van der Waals surface area (Å²) < 4.78 is 35.5. The summed E-state index contributed by atoms with van der Waals surface area (Å²) >= 11 is 0. The average molecular weight is 258 g/mol. The first kappa shape index (κ1) is 15.5. The van der Waals surface area contributed by atoms with Gasteiger partial charge in [-0.3, -0.25) is 0 Å². The van der Waals surface area contributed by atoms with Crippen LogP contribution in [0.2, 0.25) is 0 Å². The molecule has 0 fully saturated rings. The van der Waals surface area contributed by atoms with E-state index in [1.54, 1.807) is 0 Å². The van der Waals surface area contributed by atoms with Gasteiger partial charge in [-0.1, -0.05) is 0 Å². The molecule has 0 spiro atoms. The molecule has 0 bridgehead atoms. The lowest BCUT2D eigenvalue weighted by Crippen LogP contribution is -2.43. The molecule has 100 valence electrons. The summed E-state index contributed by atoms with van der Waals surface area (Å²) in [6, 6.07) is -0.880. The number of hydrogen-bond acceptors (Lipinski definition) is 3. The van der Waals surface area contributed by atoms with Crippen molar-refractivity contribution in [2.75, 3.05) is 20.1 Å². The highest BCUT2D eigenvalue weighted by Crippen LogP contribution is 2.19. The lowest BCUT2D eigenvalue weighted by Gasteiger charge is -2.19. The molecule has 0 rings (SSSR count). The number of aliphatic hydroxyl groups is 1. The maximum atomic E-state index is 11.8. The van der Waals surface area contributed by atoms with E-state index in [0.717, 1.165) is 11.9 Å². The summed E-state index contributed by atoms with van der Waals surface area (Å²) in [6.45, 7) is -1.11. The number of urea groups is 1. The first-order chi connectivity index (χ1) is 7.63. The second kappa shape index (κ2) is 6.28. The molecule has 0 aromatic rings. The third kappa shape index (κ3) is 7.39. The monoisotopic (exact) mass is 258 g/mol. The van der Waals surface area contributed by atoms with E-state index in [4.69, 9.17) is 10.2 Å². The van der Waals surface area contributed by atoms with Crippen molar-refractivity contribution in [1.29, 1.82) is 0 Å². The molecule has 2 amide bonds. The number of nitrogens with zero attached hydrogens (tertiary/aromatic N) is 1. The van der Waals surface area contributed by atoms with Crippen LogP contribution in [0.1, 0.15) is 6.42 Å². The predicted molar refractivity (Wildman–Crippen MR) is 50.3 cm³/mol. The van der Waals surface area contributed by atoms with Gasteiger partial charge in [0.05, 0.1) is 13.0 Å². The summed E-state index contributed by atoms with van der Waals surface area (Å²) in [6.07, 6.45) is -7.30. The number of carbonyl (C=O) groups is 2. The van der Waals surface area contributed by atoms with E-state index in [1.807, 2.05) is 5.32 Å². The lowest BCUT2D eigenvalue weighted by atomic mass is 10.3. The van der Waals surface area contributed by atoms with Crippen LogP contribution < -0.4 is 5.32 Å². The number of rotatable bonds is 5. The van der Waals surface area contributed by atoms with Crippen molar-refractivity contribution in [1.82, 2.24) is 10.2 Å². The molecular formula is C8H13F3N2O4. The van der Waals surface area contributed by atoms with Gasteiger partial charge < -0.3 is 20.4 Å². The Morgan fingerprint density at radius 3 is 2.35 bits per heavy atom. The number of carboxylic acid groups (broad SMARTS) is 1. The Morgan fingerprint density at radius 1 is 1.41 bits per heavy atom. The first-order valence-electron chi connectivity index (χ1n) is 4.60. The van der Waals surface area contributed by atoms with Gasteiger partial charge in [-0.25, -0.2) is 9.59 Å². The molecule has 0 aliphatic rings. The van der Waals surface area contributed by atoms with Gasteiger partial charge in [-0.05, 0) is 0 Å². The van der Waals surface area contributed by atoms with Crippen molar-refractivity contribution in [3.05, 3.63) is 0 Å². The zero-order valence-corrected chi connectivity index (χ0v) is 8.99. The fourth-order valence-corrected chi connectivity index (χ4v) is 0.802. The summed E-state index contributed by atoms with van der Waals surface area (Å²) in [5.74, 6) is -1.52. The molecule has 6 nitrogen and oxygen atoms in total. The number of aliphatic hydroxyl groups excluding tert-OH is 1. The van der Waals surface area contributed by atoms with Gasteiger partial charge in [-0.2, -0.15) is 13.2 Å². The van der Waals surface area contributed by atoms with Gasteiger partial charge in [0.15, 0.2) is 6.10 Å². The van der Waals surface area contributed by atoms with E-state index in [0.29, 0.717) is 0 Å². The van der Waals surface area contributed by atoms with Gasteiger partial charge in [0.25, 0.3) is 0 Å². The minimum absolute atomic E-state index is 0.543. The maximum Gasteiger partial charge on any atom is 0.390 e. The van der Waals surface area contributed by atoms with Crippen LogP contribution >= 0.6 is 0 Å². The first-order valence-corrected chi connectivity index (χ1v) is 4.60. The Bertz CT molecular complexity index is 282. The minimum atomic E-state index is -4.37. The summed E-state index contributed by atoms with van der Waals surface area (Å²) in [5, 5.41) is 19.1. The molecule has 0 aliphatic heterocycles. The molecule has 0 radical (unpaired) electrons. The number of hydrogen-bond donors (Lipinski definition) is 3. The second-order valence-electron chi connectivity index (χ2n) is 3.33. The number of alkyl halides is 3. The van der Waals surface area contributed by atoms with Gasteiger partial charge in [0, 0.05) is 13.6 Å². The molecule has 0 unspecified atom stereocenters. The standard InChI is InChI=1S/C8H13F3N2O4/c1-13(3-2-8(9,10)11)7(17)12-4-5(14)6(15)16/h5,14H,2-4H2,1H3,(H,12,17)(H,15,16)/t5-/m0/s1. The Morgan fingerprint density at radius 2 is 1.94 bits per heavy atom. The highest BCUT2D eigenvalue weighted by Gasteiger charge is 2.28. The van der Waals surface area contributed by atoms with Gasteiger partial charge in [0.1, 0.15) is 0 Å². The largest absolute Gasteiger partial charge is 0.479 e. The van der Waals surface area contributed by atoms with Crippen molar-refractivity contribution in [2.24, 2.45) is 0 Å². The van der Waals surface area contributed by atoms with Crippen LogP contribution in [-0.2, 0) is 4.79 Å². The van der Waals surface area contributed by atoms with Crippen molar-refractivity contribution in [3.63, 3.8) is 0 Å². The molecule has 0 aromatic heterocycles. The number of aliphatic carboxylic acids is 1. The molecule has 0 heterocycles. The maximum absolute atomic E-state index is 11.8. The van der Waals surface area contributed by atoms with E-state index < -0.39 is 43.8 Å². The van der Waals surface area contributed by atoms with Crippen molar-refractivity contribution < 1.29 is 33.0 Å². The van der Waals surface area contributed by atoms with Crippen LogP contribution in [0.15, 0.2) is 0 Å². The Labute approximate surface area is 95.0 Å². The second-order valence-corrected chi connectivity index (χ2v) is 3.33. The number of halogens is 3. The third-order valence-electron chi connectivity index (χ3n) is 1.81. The molecule has 0 aliphatic carbocycles. The topological polar surface area (TPSA) is 89.9 Å². The van der Waals surface area contributed by atoms with E-state index in [2.05, 4.69) is 0 Å². The van der Waals surface area contributed by atoms with Crippen molar-refractivity contribution in [3.8, 4) is 0 Å². The van der Waals surface area contributed by atoms with Crippen LogP contribution in [0.25, 0.3) is 0 Å². The Hall–Kier alpha value is -1.51. The van der Waals surface area contributed by atoms with Crippen LogP contribution in [-0.4, -0.2) is 59.5 Å².